The zero-order valence-corrected chi connectivity index (χ0v) is 15.6. The van der Waals surface area contributed by atoms with Gasteiger partial charge in [-0.3, -0.25) is 4.79 Å². The maximum atomic E-state index is 12.6. The van der Waals surface area contributed by atoms with Gasteiger partial charge < -0.3 is 15.8 Å². The summed E-state index contributed by atoms with van der Waals surface area (Å²) in [6.45, 7) is 6.70. The average molecular weight is 357 g/mol. The number of nitrogens with one attached hydrogen (secondary N) is 1. The molecule has 1 atom stereocenters. The van der Waals surface area contributed by atoms with Crippen LogP contribution in [0, 0.1) is 12.8 Å². The second-order valence-electron chi connectivity index (χ2n) is 5.95. The van der Waals surface area contributed by atoms with Gasteiger partial charge in [-0.2, -0.15) is 0 Å². The highest BCUT2D eigenvalue weighted by atomic mass is 35.5. The third kappa shape index (κ3) is 4.59. The van der Waals surface area contributed by atoms with Gasteiger partial charge >= 0.3 is 0 Å². The number of ether oxygens (including phenoxy) is 1. The fourth-order valence-electron chi connectivity index (χ4n) is 2.58. The largest absolute Gasteiger partial charge is 0.497 e. The lowest BCUT2D eigenvalue weighted by molar-refractivity contribution is 0.0937. The second kappa shape index (κ2) is 8.52. The van der Waals surface area contributed by atoms with Gasteiger partial charge in [0.05, 0.1) is 12.0 Å². The molecule has 128 valence electrons. The molecular formula is C17H25ClN2O2S. The summed E-state index contributed by atoms with van der Waals surface area (Å²) in [4.78, 5) is 13.3. The van der Waals surface area contributed by atoms with Crippen molar-refractivity contribution in [2.45, 2.75) is 33.2 Å². The van der Waals surface area contributed by atoms with Crippen LogP contribution in [0.5, 0.6) is 5.75 Å². The summed E-state index contributed by atoms with van der Waals surface area (Å²) in [7, 11) is 1.65. The van der Waals surface area contributed by atoms with Crippen LogP contribution in [0.2, 0.25) is 0 Å². The third-order valence-electron chi connectivity index (χ3n) is 3.73. The first-order valence-corrected chi connectivity index (χ1v) is 8.36. The van der Waals surface area contributed by atoms with Gasteiger partial charge in [-0.25, -0.2) is 0 Å². The molecule has 1 amide bonds. The molecule has 0 radical (unpaired) electrons. The van der Waals surface area contributed by atoms with E-state index >= 15 is 0 Å². The predicted molar refractivity (Wildman–Crippen MR) is 100 cm³/mol. The van der Waals surface area contributed by atoms with E-state index in [-0.39, 0.29) is 24.4 Å². The van der Waals surface area contributed by atoms with Crippen LogP contribution in [-0.2, 0) is 0 Å². The first-order chi connectivity index (χ1) is 10.5. The van der Waals surface area contributed by atoms with E-state index in [2.05, 4.69) is 19.2 Å². The molecule has 1 heterocycles. The van der Waals surface area contributed by atoms with E-state index in [9.17, 15) is 4.79 Å². The molecule has 2 aromatic rings. The zero-order valence-electron chi connectivity index (χ0n) is 14.0. The summed E-state index contributed by atoms with van der Waals surface area (Å²) in [5.74, 6) is 1.27. The Morgan fingerprint density at radius 3 is 2.65 bits per heavy atom. The number of aryl methyl sites for hydroxylation is 1. The summed E-state index contributed by atoms with van der Waals surface area (Å²) in [5.41, 5.74) is 6.77. The van der Waals surface area contributed by atoms with Crippen molar-refractivity contribution in [1.82, 2.24) is 5.32 Å². The Morgan fingerprint density at radius 2 is 2.09 bits per heavy atom. The van der Waals surface area contributed by atoms with Gasteiger partial charge in [0.2, 0.25) is 0 Å². The first kappa shape index (κ1) is 19.7. The smallest absolute Gasteiger partial charge is 0.261 e. The molecule has 0 fully saturated rings. The topological polar surface area (TPSA) is 64.3 Å². The van der Waals surface area contributed by atoms with E-state index in [0.29, 0.717) is 12.5 Å². The zero-order chi connectivity index (χ0) is 16.3. The highest BCUT2D eigenvalue weighted by molar-refractivity contribution is 7.21. The van der Waals surface area contributed by atoms with Crippen molar-refractivity contribution >= 4 is 39.7 Å². The number of carbonyl (C=O) groups excluding carboxylic acids is 1. The summed E-state index contributed by atoms with van der Waals surface area (Å²) >= 11 is 1.51. The van der Waals surface area contributed by atoms with Gasteiger partial charge in [-0.05, 0) is 48.4 Å². The lowest BCUT2D eigenvalue weighted by Crippen LogP contribution is -2.40. The normalized spacial score (nSPS) is 12.1. The van der Waals surface area contributed by atoms with Crippen LogP contribution in [0.25, 0.3) is 10.1 Å². The van der Waals surface area contributed by atoms with E-state index < -0.39 is 0 Å². The van der Waals surface area contributed by atoms with Crippen LogP contribution in [0.15, 0.2) is 18.2 Å². The number of hydrogen-bond acceptors (Lipinski definition) is 4. The molecule has 0 bridgehead atoms. The fraction of sp³-hybridized carbons (Fsp3) is 0.471. The first-order valence-electron chi connectivity index (χ1n) is 7.54. The standard InChI is InChI=1S/C17H24N2O2S.ClH/c1-10(2)7-12(9-18)19-17(20)16-11(3)14-8-13(21-4)5-6-15(14)22-16;/h5-6,8,10,12H,7,9,18H2,1-4H3,(H,19,20);1H. The molecule has 0 aliphatic rings. The average Bonchev–Trinajstić information content (AvgIpc) is 2.82. The van der Waals surface area contributed by atoms with E-state index in [1.165, 1.54) is 11.3 Å². The quantitative estimate of drug-likeness (QED) is 0.828. The maximum Gasteiger partial charge on any atom is 0.261 e. The Bertz CT molecular complexity index is 670. The molecule has 4 nitrogen and oxygen atoms in total. The number of hydrogen-bond donors (Lipinski definition) is 2. The van der Waals surface area contributed by atoms with E-state index in [0.717, 1.165) is 32.7 Å². The Labute approximate surface area is 147 Å². The molecule has 1 aromatic carbocycles. The summed E-state index contributed by atoms with van der Waals surface area (Å²) in [6, 6.07) is 5.91. The minimum absolute atomic E-state index is 0. The number of nitrogens with two attached hydrogens (primary N) is 1. The number of methoxy groups -OCH3 is 1. The van der Waals surface area contributed by atoms with Gasteiger partial charge in [0.15, 0.2) is 0 Å². The molecule has 1 aromatic heterocycles. The van der Waals surface area contributed by atoms with Crippen molar-refractivity contribution in [1.29, 1.82) is 0 Å². The van der Waals surface area contributed by atoms with Gasteiger partial charge in [0.1, 0.15) is 5.75 Å². The molecule has 0 spiro atoms. The van der Waals surface area contributed by atoms with Crippen molar-refractivity contribution in [3.63, 3.8) is 0 Å². The number of halogens is 1. The van der Waals surface area contributed by atoms with Crippen LogP contribution in [-0.4, -0.2) is 25.6 Å². The molecule has 0 aliphatic heterocycles. The highest BCUT2D eigenvalue weighted by Crippen LogP contribution is 2.33. The number of amides is 1. The maximum absolute atomic E-state index is 12.6. The molecule has 0 saturated heterocycles. The number of carbonyl (C=O) groups is 1. The molecule has 2 rings (SSSR count). The van der Waals surface area contributed by atoms with Crippen molar-refractivity contribution in [3.8, 4) is 5.75 Å². The Morgan fingerprint density at radius 1 is 1.39 bits per heavy atom. The van der Waals surface area contributed by atoms with Crippen molar-refractivity contribution in [2.75, 3.05) is 13.7 Å². The minimum atomic E-state index is -0.0335. The van der Waals surface area contributed by atoms with Gasteiger partial charge in [-0.15, -0.1) is 23.7 Å². The number of thiophene rings is 1. The molecule has 6 heteroatoms. The van der Waals surface area contributed by atoms with Crippen molar-refractivity contribution in [3.05, 3.63) is 28.6 Å². The number of rotatable bonds is 6. The van der Waals surface area contributed by atoms with Crippen LogP contribution < -0.4 is 15.8 Å². The van der Waals surface area contributed by atoms with Gasteiger partial charge in [0, 0.05) is 17.3 Å². The minimum Gasteiger partial charge on any atom is -0.497 e. The molecule has 0 saturated carbocycles. The lowest BCUT2D eigenvalue weighted by atomic mass is 10.0. The Hall–Kier alpha value is -1.30. The monoisotopic (exact) mass is 356 g/mol. The SMILES string of the molecule is COc1ccc2sc(C(=O)NC(CN)CC(C)C)c(C)c2c1.Cl. The van der Waals surface area contributed by atoms with Crippen LogP contribution in [0.3, 0.4) is 0 Å². The third-order valence-corrected chi connectivity index (χ3v) is 5.00. The fourth-order valence-corrected chi connectivity index (χ4v) is 3.67. The summed E-state index contributed by atoms with van der Waals surface area (Å²) in [5, 5.41) is 4.13. The molecular weight excluding hydrogens is 332 g/mol. The predicted octanol–water partition coefficient (Wildman–Crippen LogP) is 3.74. The number of fused-ring (bicyclic) bond motifs is 1. The van der Waals surface area contributed by atoms with E-state index in [4.69, 9.17) is 10.5 Å². The van der Waals surface area contributed by atoms with Crippen LogP contribution >= 0.6 is 23.7 Å². The van der Waals surface area contributed by atoms with Crippen molar-refractivity contribution < 1.29 is 9.53 Å². The molecule has 0 aliphatic carbocycles. The van der Waals surface area contributed by atoms with E-state index in [1.54, 1.807) is 7.11 Å². The van der Waals surface area contributed by atoms with E-state index in [1.807, 2.05) is 25.1 Å². The van der Waals surface area contributed by atoms with Gasteiger partial charge in [0.25, 0.3) is 5.91 Å². The Kier molecular flexibility index (Phi) is 7.32. The van der Waals surface area contributed by atoms with Crippen LogP contribution in [0.4, 0.5) is 0 Å². The number of benzene rings is 1. The highest BCUT2D eigenvalue weighted by Gasteiger charge is 2.19. The second-order valence-corrected chi connectivity index (χ2v) is 7.01. The van der Waals surface area contributed by atoms with Crippen LogP contribution in [0.1, 0.15) is 35.5 Å². The summed E-state index contributed by atoms with van der Waals surface area (Å²) < 4.78 is 6.35. The molecule has 1 unspecified atom stereocenters. The van der Waals surface area contributed by atoms with Gasteiger partial charge in [-0.1, -0.05) is 13.8 Å². The lowest BCUT2D eigenvalue weighted by Gasteiger charge is -2.18. The molecule has 3 N–H and O–H groups in total. The Balaban J connectivity index is 0.00000264. The molecule has 23 heavy (non-hydrogen) atoms. The summed E-state index contributed by atoms with van der Waals surface area (Å²) in [6.07, 6.45) is 0.889. The van der Waals surface area contributed by atoms with Crippen molar-refractivity contribution in [2.24, 2.45) is 11.7 Å².